The summed E-state index contributed by atoms with van der Waals surface area (Å²) in [7, 11) is -2.53. The van der Waals surface area contributed by atoms with Crippen LogP contribution in [0.3, 0.4) is 0 Å². The SMILES string of the molecule is COc1cccc(/C=C(/C#N)S(=O)(=O)c2ccc(Cl)cc2)c1OCc1ccccc1. The number of nitrogens with zero attached hydrogens (tertiary/aromatic N) is 1. The van der Waals surface area contributed by atoms with E-state index in [-0.39, 0.29) is 11.5 Å². The summed E-state index contributed by atoms with van der Waals surface area (Å²) < 4.78 is 37.1. The fourth-order valence-electron chi connectivity index (χ4n) is 2.74. The highest BCUT2D eigenvalue weighted by Gasteiger charge is 2.22. The molecule has 0 bridgehead atoms. The largest absolute Gasteiger partial charge is 0.493 e. The molecule has 0 aromatic heterocycles. The summed E-state index contributed by atoms with van der Waals surface area (Å²) >= 11 is 5.84. The van der Waals surface area contributed by atoms with Gasteiger partial charge < -0.3 is 9.47 Å². The van der Waals surface area contributed by atoms with Crippen LogP contribution in [0.5, 0.6) is 11.5 Å². The quantitative estimate of drug-likeness (QED) is 0.469. The average molecular weight is 440 g/mol. The Kier molecular flexibility index (Phi) is 6.78. The van der Waals surface area contributed by atoms with E-state index in [0.29, 0.717) is 22.1 Å². The molecule has 30 heavy (non-hydrogen) atoms. The van der Waals surface area contributed by atoms with Crippen LogP contribution in [0.4, 0.5) is 0 Å². The molecular weight excluding hydrogens is 422 g/mol. The van der Waals surface area contributed by atoms with Gasteiger partial charge in [0.05, 0.1) is 12.0 Å². The van der Waals surface area contributed by atoms with Crippen LogP contribution >= 0.6 is 11.6 Å². The Balaban J connectivity index is 2.02. The third-order valence-electron chi connectivity index (χ3n) is 4.27. The zero-order chi connectivity index (χ0) is 21.6. The second-order valence-electron chi connectivity index (χ2n) is 6.23. The highest BCUT2D eigenvalue weighted by atomic mass is 35.5. The number of benzene rings is 3. The normalized spacial score (nSPS) is 11.6. The summed E-state index contributed by atoms with van der Waals surface area (Å²) in [6, 6.07) is 22.0. The first kappa shape index (κ1) is 21.4. The molecular formula is C23H18ClNO4S. The van der Waals surface area contributed by atoms with Crippen molar-refractivity contribution in [3.05, 3.63) is 93.9 Å². The maximum atomic E-state index is 12.9. The number of sulfone groups is 1. The van der Waals surface area contributed by atoms with Gasteiger partial charge >= 0.3 is 0 Å². The molecule has 0 N–H and O–H groups in total. The van der Waals surface area contributed by atoms with Crippen molar-refractivity contribution in [1.29, 1.82) is 5.26 Å². The number of ether oxygens (including phenoxy) is 2. The third kappa shape index (κ3) is 4.82. The molecule has 0 spiro atoms. The van der Waals surface area contributed by atoms with Gasteiger partial charge in [-0.05, 0) is 42.0 Å². The van der Waals surface area contributed by atoms with Crippen LogP contribution in [0, 0.1) is 11.3 Å². The fraction of sp³-hybridized carbons (Fsp3) is 0.0870. The molecule has 0 fully saturated rings. The van der Waals surface area contributed by atoms with E-state index >= 15 is 0 Å². The lowest BCUT2D eigenvalue weighted by atomic mass is 10.1. The predicted octanol–water partition coefficient (Wildman–Crippen LogP) is 5.27. The van der Waals surface area contributed by atoms with Gasteiger partial charge in [0.15, 0.2) is 11.5 Å². The van der Waals surface area contributed by atoms with E-state index in [4.69, 9.17) is 21.1 Å². The van der Waals surface area contributed by atoms with Crippen LogP contribution in [-0.4, -0.2) is 15.5 Å². The molecule has 0 atom stereocenters. The van der Waals surface area contributed by atoms with Crippen molar-refractivity contribution in [2.24, 2.45) is 0 Å². The summed E-state index contributed by atoms with van der Waals surface area (Å²) in [5.74, 6) is 0.781. The number of rotatable bonds is 7. The molecule has 3 aromatic rings. The summed E-state index contributed by atoms with van der Waals surface area (Å²) in [6.45, 7) is 0.258. The number of allylic oxidation sites excluding steroid dienone is 1. The monoisotopic (exact) mass is 439 g/mol. The van der Waals surface area contributed by atoms with Gasteiger partial charge in [-0.1, -0.05) is 54.1 Å². The minimum Gasteiger partial charge on any atom is -0.493 e. The molecule has 5 nitrogen and oxygen atoms in total. The van der Waals surface area contributed by atoms with Crippen molar-refractivity contribution in [3.63, 3.8) is 0 Å². The molecule has 0 saturated carbocycles. The van der Waals surface area contributed by atoms with Crippen LogP contribution in [-0.2, 0) is 16.4 Å². The van der Waals surface area contributed by atoms with Crippen molar-refractivity contribution in [2.75, 3.05) is 7.11 Å². The molecule has 0 heterocycles. The third-order valence-corrected chi connectivity index (χ3v) is 6.20. The summed E-state index contributed by atoms with van der Waals surface area (Å²) in [5, 5.41) is 9.97. The first-order chi connectivity index (χ1) is 14.5. The van der Waals surface area contributed by atoms with E-state index in [0.717, 1.165) is 5.56 Å². The zero-order valence-corrected chi connectivity index (χ0v) is 17.7. The summed E-state index contributed by atoms with van der Waals surface area (Å²) in [5.41, 5.74) is 1.35. The van der Waals surface area contributed by atoms with Gasteiger partial charge in [-0.3, -0.25) is 0 Å². The first-order valence-corrected chi connectivity index (χ1v) is 10.8. The Labute approximate surface area is 180 Å². The molecule has 0 amide bonds. The second kappa shape index (κ2) is 9.49. The van der Waals surface area contributed by atoms with Gasteiger partial charge in [0.25, 0.3) is 0 Å². The van der Waals surface area contributed by atoms with Gasteiger partial charge in [0.2, 0.25) is 9.84 Å². The first-order valence-electron chi connectivity index (χ1n) is 8.92. The van der Waals surface area contributed by atoms with Crippen molar-refractivity contribution in [2.45, 2.75) is 11.5 Å². The summed E-state index contributed by atoms with van der Waals surface area (Å²) in [6.07, 6.45) is 1.28. The van der Waals surface area contributed by atoms with Gasteiger partial charge in [-0.25, -0.2) is 8.42 Å². The molecule has 0 radical (unpaired) electrons. The Hall–Kier alpha value is -3.27. The van der Waals surface area contributed by atoms with Gasteiger partial charge in [-0.15, -0.1) is 0 Å². The van der Waals surface area contributed by atoms with Gasteiger partial charge in [0.1, 0.15) is 17.6 Å². The standard InChI is InChI=1S/C23H18ClNO4S/c1-28-22-9-5-8-18(23(22)29-16-17-6-3-2-4-7-17)14-21(15-25)30(26,27)20-12-10-19(24)11-13-20/h2-14H,16H2,1H3/b21-14-. The minimum atomic E-state index is -4.02. The van der Waals surface area contributed by atoms with Gasteiger partial charge in [0, 0.05) is 10.6 Å². The number of hydrogen-bond donors (Lipinski definition) is 0. The highest BCUT2D eigenvalue weighted by molar-refractivity contribution is 7.95. The predicted molar refractivity (Wildman–Crippen MR) is 116 cm³/mol. The van der Waals surface area contributed by atoms with E-state index in [1.54, 1.807) is 24.3 Å². The molecule has 0 saturated heterocycles. The van der Waals surface area contributed by atoms with Crippen molar-refractivity contribution >= 4 is 27.5 Å². The Bertz CT molecular complexity index is 1200. The molecule has 0 unspecified atom stereocenters. The molecule has 3 aromatic carbocycles. The maximum absolute atomic E-state index is 12.9. The Morgan fingerprint density at radius 2 is 1.73 bits per heavy atom. The lowest BCUT2D eigenvalue weighted by Crippen LogP contribution is -2.04. The molecule has 3 rings (SSSR count). The van der Waals surface area contributed by atoms with E-state index in [2.05, 4.69) is 0 Å². The second-order valence-corrected chi connectivity index (χ2v) is 8.59. The molecule has 0 aliphatic rings. The van der Waals surface area contributed by atoms with Crippen molar-refractivity contribution < 1.29 is 17.9 Å². The molecule has 152 valence electrons. The Morgan fingerprint density at radius 3 is 2.37 bits per heavy atom. The smallest absolute Gasteiger partial charge is 0.216 e. The van der Waals surface area contributed by atoms with Crippen LogP contribution in [0.25, 0.3) is 6.08 Å². The van der Waals surface area contributed by atoms with Gasteiger partial charge in [-0.2, -0.15) is 5.26 Å². The molecule has 0 aliphatic carbocycles. The van der Waals surface area contributed by atoms with Crippen LogP contribution in [0.15, 0.2) is 82.6 Å². The minimum absolute atomic E-state index is 0.0191. The Morgan fingerprint density at radius 1 is 1.03 bits per heavy atom. The summed E-state index contributed by atoms with van der Waals surface area (Å²) in [4.78, 5) is -0.433. The van der Waals surface area contributed by atoms with Crippen molar-refractivity contribution in [1.82, 2.24) is 0 Å². The zero-order valence-electron chi connectivity index (χ0n) is 16.1. The number of hydrogen-bond acceptors (Lipinski definition) is 5. The number of methoxy groups -OCH3 is 1. The van der Waals surface area contributed by atoms with E-state index < -0.39 is 14.7 Å². The lowest BCUT2D eigenvalue weighted by molar-refractivity contribution is 0.284. The number of halogens is 1. The molecule has 0 aliphatic heterocycles. The number of nitriles is 1. The van der Waals surface area contributed by atoms with E-state index in [1.807, 2.05) is 30.3 Å². The van der Waals surface area contributed by atoms with E-state index in [9.17, 15) is 13.7 Å². The van der Waals surface area contributed by atoms with Crippen LogP contribution < -0.4 is 9.47 Å². The molecule has 7 heteroatoms. The maximum Gasteiger partial charge on any atom is 0.216 e. The topological polar surface area (TPSA) is 76.4 Å². The average Bonchev–Trinajstić information content (AvgIpc) is 2.77. The van der Waals surface area contributed by atoms with Crippen LogP contribution in [0.2, 0.25) is 5.02 Å². The van der Waals surface area contributed by atoms with Crippen molar-refractivity contribution in [3.8, 4) is 17.6 Å². The highest BCUT2D eigenvalue weighted by Crippen LogP contribution is 2.34. The van der Waals surface area contributed by atoms with Crippen LogP contribution in [0.1, 0.15) is 11.1 Å². The lowest BCUT2D eigenvalue weighted by Gasteiger charge is -2.14. The number of para-hydroxylation sites is 1. The fourth-order valence-corrected chi connectivity index (χ4v) is 4.02. The van der Waals surface area contributed by atoms with E-state index in [1.165, 1.54) is 37.5 Å².